The van der Waals surface area contributed by atoms with E-state index in [-0.39, 0.29) is 62.2 Å². The molecule has 0 saturated carbocycles. The third-order valence-electron chi connectivity index (χ3n) is 10.4. The van der Waals surface area contributed by atoms with Crippen LogP contribution in [0.15, 0.2) is 41.0 Å². The molecule has 2 aromatic rings. The molecule has 0 spiro atoms. The molecule has 22 N–H and O–H groups in total. The van der Waals surface area contributed by atoms with E-state index < -0.39 is 121 Å². The average Bonchev–Trinajstić information content (AvgIpc) is 3.86. The van der Waals surface area contributed by atoms with E-state index >= 15 is 0 Å². The number of nitrogens with zero attached hydrogens (tertiary/aromatic N) is 4. The molecule has 1 saturated heterocycles. The van der Waals surface area contributed by atoms with Gasteiger partial charge in [-0.05, 0) is 62.4 Å². The van der Waals surface area contributed by atoms with Crippen LogP contribution >= 0.6 is 0 Å². The number of aliphatic hydroxyl groups excluding tert-OH is 3. The summed E-state index contributed by atoms with van der Waals surface area (Å²) in [5.41, 5.74) is 28.3. The second kappa shape index (κ2) is 27.8. The average molecular weight is 959 g/mol. The first-order valence-corrected chi connectivity index (χ1v) is 21.9. The lowest BCUT2D eigenvalue weighted by Crippen LogP contribution is -2.64. The quantitative estimate of drug-likeness (QED) is 0.0341. The van der Waals surface area contributed by atoms with Gasteiger partial charge < -0.3 is 86.5 Å². The number of β-amino-alcohol motifs (C(OH)–C–C–N with tert-alkyl or cyclic N) is 1. The van der Waals surface area contributed by atoms with Gasteiger partial charge in [0.2, 0.25) is 35.4 Å². The van der Waals surface area contributed by atoms with Crippen molar-refractivity contribution in [1.82, 2.24) is 63.2 Å². The molecule has 376 valence electrons. The number of benzene rings is 1. The highest BCUT2D eigenvalue weighted by atomic mass is 16.3. The van der Waals surface area contributed by atoms with E-state index in [1.165, 1.54) is 37.3 Å². The summed E-state index contributed by atoms with van der Waals surface area (Å²) in [6, 6.07) is -2.96. The summed E-state index contributed by atoms with van der Waals surface area (Å²) >= 11 is 0. The number of aliphatic hydroxyl groups is 3. The second-order valence-corrected chi connectivity index (χ2v) is 16.2. The van der Waals surface area contributed by atoms with Crippen molar-refractivity contribution in [3.8, 4) is 11.4 Å². The van der Waals surface area contributed by atoms with Crippen LogP contribution in [0.5, 0.6) is 0 Å². The van der Waals surface area contributed by atoms with Crippen molar-refractivity contribution in [2.45, 2.75) is 101 Å². The van der Waals surface area contributed by atoms with Crippen LogP contribution in [0, 0.1) is 5.92 Å². The minimum atomic E-state index is -1.98. The first kappa shape index (κ1) is 55.6. The van der Waals surface area contributed by atoms with Gasteiger partial charge in [0.1, 0.15) is 36.0 Å². The highest BCUT2D eigenvalue weighted by Crippen LogP contribution is 2.15. The molecule has 0 bridgehead atoms. The number of amides is 7. The molecule has 1 fully saturated rings. The van der Waals surface area contributed by atoms with Gasteiger partial charge in [0.05, 0.1) is 18.2 Å². The fraction of sp³-hybridized carbons (Fsp3) is 0.575. The lowest BCUT2D eigenvalue weighted by Gasteiger charge is -2.30. The van der Waals surface area contributed by atoms with Crippen molar-refractivity contribution in [2.75, 3.05) is 39.3 Å². The van der Waals surface area contributed by atoms with Crippen LogP contribution in [0.25, 0.3) is 11.4 Å². The zero-order valence-corrected chi connectivity index (χ0v) is 38.1. The highest BCUT2D eigenvalue weighted by Gasteiger charge is 2.37. The minimum absolute atomic E-state index is 0.00623. The minimum Gasteiger partial charge on any atom is -0.389 e. The predicted octanol–water partition coefficient (Wildman–Crippen LogP) is -7.54. The Kier molecular flexibility index (Phi) is 22.8. The van der Waals surface area contributed by atoms with Crippen molar-refractivity contribution in [3.05, 3.63) is 41.6 Å². The van der Waals surface area contributed by atoms with Crippen LogP contribution in [0.4, 0.5) is 0 Å². The van der Waals surface area contributed by atoms with Crippen LogP contribution in [-0.2, 0) is 28.8 Å². The molecule has 0 aliphatic carbocycles. The number of carbonyl (C=O) groups is 7. The Bertz CT molecular complexity index is 2050. The molecule has 0 radical (unpaired) electrons. The van der Waals surface area contributed by atoms with E-state index in [1.54, 1.807) is 0 Å². The van der Waals surface area contributed by atoms with Gasteiger partial charge in [0.25, 0.3) is 11.8 Å². The smallest absolute Gasteiger partial charge is 0.268 e. The van der Waals surface area contributed by atoms with Gasteiger partial charge in [0.15, 0.2) is 5.96 Å². The summed E-state index contributed by atoms with van der Waals surface area (Å²) in [5.74, 6) is -6.78. The van der Waals surface area contributed by atoms with Gasteiger partial charge in [-0.2, -0.15) is 5.21 Å². The Morgan fingerprint density at radius 3 is 2.06 bits per heavy atom. The Morgan fingerprint density at radius 2 is 1.49 bits per heavy atom. The fourth-order valence-corrected chi connectivity index (χ4v) is 6.81. The van der Waals surface area contributed by atoms with Crippen molar-refractivity contribution < 1.29 is 48.9 Å². The molecule has 28 nitrogen and oxygen atoms in total. The molecule has 3 rings (SSSR count). The van der Waals surface area contributed by atoms with Gasteiger partial charge in [-0.25, -0.2) is 0 Å². The molecule has 1 aliphatic rings. The molecule has 28 heteroatoms. The van der Waals surface area contributed by atoms with E-state index in [4.69, 9.17) is 28.7 Å². The maximum atomic E-state index is 14.0. The van der Waals surface area contributed by atoms with E-state index in [0.717, 1.165) is 0 Å². The lowest BCUT2D eigenvalue weighted by atomic mass is 10.0. The van der Waals surface area contributed by atoms with E-state index in [2.05, 4.69) is 68.2 Å². The Labute approximate surface area is 391 Å². The number of guanidine groups is 1. The van der Waals surface area contributed by atoms with Crippen LogP contribution in [-0.4, -0.2) is 177 Å². The number of aliphatic imine (C=N–C) groups is 1. The summed E-state index contributed by atoms with van der Waals surface area (Å²) in [6.45, 7) is 3.21. The predicted molar refractivity (Wildman–Crippen MR) is 244 cm³/mol. The number of nitrogens with two attached hydrogens (primary N) is 5. The van der Waals surface area contributed by atoms with E-state index in [9.17, 15) is 48.9 Å². The molecule has 9 atom stereocenters. The van der Waals surface area contributed by atoms with E-state index in [0.29, 0.717) is 12.0 Å². The van der Waals surface area contributed by atoms with Gasteiger partial charge >= 0.3 is 0 Å². The number of rotatable bonds is 15. The number of allylic oxidation sites excluding steroid dienone is 1. The monoisotopic (exact) mass is 959 g/mol. The van der Waals surface area contributed by atoms with Gasteiger partial charge in [0, 0.05) is 49.9 Å². The van der Waals surface area contributed by atoms with Gasteiger partial charge in [-0.1, -0.05) is 32.1 Å². The molecular weight excluding hydrogens is 893 g/mol. The fourth-order valence-electron chi connectivity index (χ4n) is 6.81. The maximum absolute atomic E-state index is 14.0. The summed E-state index contributed by atoms with van der Waals surface area (Å²) in [4.78, 5) is 101. The first-order chi connectivity index (χ1) is 32.3. The molecule has 6 unspecified atom stereocenters. The number of hydrogen-bond donors (Lipinski definition) is 17. The number of nitrogens with one attached hydrogen (secondary N) is 9. The highest BCUT2D eigenvalue weighted by molar-refractivity contribution is 6.03. The topological polar surface area (TPSA) is 473 Å². The number of hydrogen-bond acceptors (Lipinski definition) is 18. The van der Waals surface area contributed by atoms with Gasteiger partial charge in [-0.3, -0.25) is 38.6 Å². The van der Waals surface area contributed by atoms with Crippen molar-refractivity contribution in [1.29, 1.82) is 0 Å². The summed E-state index contributed by atoms with van der Waals surface area (Å²) in [6.07, 6.45) is -3.69. The molecule has 1 aliphatic heterocycles. The molecule has 1 aromatic carbocycles. The Morgan fingerprint density at radius 1 is 0.853 bits per heavy atom. The van der Waals surface area contributed by atoms with Gasteiger partial charge in [-0.15, -0.1) is 10.2 Å². The number of aromatic nitrogens is 4. The summed E-state index contributed by atoms with van der Waals surface area (Å²) in [5, 5.41) is 67.1. The number of carbonyl (C=O) groups excluding carboxylic acids is 7. The Balaban J connectivity index is 2.09. The number of tetrazole rings is 1. The zero-order valence-electron chi connectivity index (χ0n) is 38.1. The molecule has 1 aromatic heterocycles. The van der Waals surface area contributed by atoms with Crippen molar-refractivity contribution in [2.24, 2.45) is 39.6 Å². The van der Waals surface area contributed by atoms with Crippen LogP contribution < -0.4 is 71.2 Å². The summed E-state index contributed by atoms with van der Waals surface area (Å²) in [7, 11) is 0. The number of H-pyrrole nitrogens is 1. The second-order valence-electron chi connectivity index (χ2n) is 16.2. The first-order valence-electron chi connectivity index (χ1n) is 21.9. The SMILES string of the molecule is C/C=C1\NC(=O)C(NC(=O)c2ccc(-c3nn[nH]n3)cc2)C(O)CNC(=O)C(C(O)CN)NC(=O)C(C(O)CN)NC(=O)[C@H](CCCN=C(N)N)NC[C@H](CC(C)C)NC(=O)[C@H](CCN)NC1=O. The molecule has 68 heavy (non-hydrogen) atoms. The lowest BCUT2D eigenvalue weighted by molar-refractivity contribution is -0.136. The molecule has 7 amide bonds. The van der Waals surface area contributed by atoms with Crippen LogP contribution in [0.2, 0.25) is 0 Å². The zero-order chi connectivity index (χ0) is 50.5. The van der Waals surface area contributed by atoms with Crippen LogP contribution in [0.1, 0.15) is 56.8 Å². The van der Waals surface area contributed by atoms with Crippen molar-refractivity contribution >= 4 is 47.3 Å². The standard InChI is InChI=1S/C40H66N18O10/c1-4-23-34(63)51-25(11-12-41)36(65)49-22(14-19(2)3)17-47-24(6-5-13-46-40(44)45)35(64)53-30(27(60)16-43)39(68)54-29(26(59)15-42)37(66)48-18-28(61)31(38(67)50-23)52-33(62)21-9-7-20(8-10-21)32-55-57-58-56-32/h4,7-10,19,22,24-31,47,59-61H,5-6,11-18,41-43H2,1-3H3,(H,48,66)(H,49,65)(H,50,67)(H,51,63)(H,52,62)(H,53,64)(H,54,68)(H4,44,45,46)(H,55,56,57,58)/b23-4-/t22-,24-,25-,26?,27?,28?,29?,30?,31?/m0/s1. The third kappa shape index (κ3) is 17.2. The van der Waals surface area contributed by atoms with E-state index in [1.807, 2.05) is 13.8 Å². The normalized spacial score (nSPS) is 24.6. The van der Waals surface area contributed by atoms with Crippen molar-refractivity contribution in [3.63, 3.8) is 0 Å². The maximum Gasteiger partial charge on any atom is 0.268 e. The summed E-state index contributed by atoms with van der Waals surface area (Å²) < 4.78 is 0. The Hall–Kier alpha value is -6.69. The van der Waals surface area contributed by atoms with Crippen LogP contribution in [0.3, 0.4) is 0 Å². The molecular formula is C40H66N18O10. The third-order valence-corrected chi connectivity index (χ3v) is 10.4. The number of aromatic amines is 1. The molecule has 2 heterocycles. The largest absolute Gasteiger partial charge is 0.389 e.